The summed E-state index contributed by atoms with van der Waals surface area (Å²) in [5.41, 5.74) is 0. The molecule has 0 atom stereocenters. The van der Waals surface area contributed by atoms with Gasteiger partial charge in [0, 0.05) is 13.0 Å². The summed E-state index contributed by atoms with van der Waals surface area (Å²) in [6.07, 6.45) is 3.39. The van der Waals surface area contributed by atoms with Crippen LogP contribution in [0, 0.1) is 0 Å². The fraction of sp³-hybridized carbons (Fsp3) is 0.526. The van der Waals surface area contributed by atoms with Gasteiger partial charge in [-0.25, -0.2) is 8.42 Å². The first-order chi connectivity index (χ1) is 14.0. The summed E-state index contributed by atoms with van der Waals surface area (Å²) in [6.45, 7) is 3.73. The minimum atomic E-state index is -3.50. The van der Waals surface area contributed by atoms with E-state index in [-0.39, 0.29) is 28.8 Å². The molecule has 3 rings (SSSR count). The van der Waals surface area contributed by atoms with E-state index in [2.05, 4.69) is 20.4 Å². The summed E-state index contributed by atoms with van der Waals surface area (Å²) in [4.78, 5) is 18.7. The highest BCUT2D eigenvalue weighted by molar-refractivity contribution is 7.91. The third kappa shape index (κ3) is 6.01. The van der Waals surface area contributed by atoms with E-state index < -0.39 is 15.7 Å². The number of nitrogens with one attached hydrogen (secondary N) is 1. The van der Waals surface area contributed by atoms with Crippen molar-refractivity contribution in [3.05, 3.63) is 36.0 Å². The minimum Gasteiger partial charge on any atom is -0.497 e. The number of aromatic nitrogens is 2. The number of methoxy groups -OCH3 is 1. The standard InChI is InChI=1S/C19H26N4O5S/c1-27-15-5-7-16(8-6-15)29(25,26)14-9-17-21-19(28-22-17)18(24)20-10-4-13-23-11-2-3-12-23/h5-8H,2-4,9-14H2,1H3,(H,20,24). The number of benzene rings is 1. The van der Waals surface area contributed by atoms with Gasteiger partial charge in [0.1, 0.15) is 5.75 Å². The minimum absolute atomic E-state index is 0.0557. The molecular formula is C19H26N4O5S. The molecule has 1 aliphatic heterocycles. The molecular weight excluding hydrogens is 396 g/mol. The zero-order valence-electron chi connectivity index (χ0n) is 16.5. The van der Waals surface area contributed by atoms with Crippen LogP contribution in [0.4, 0.5) is 0 Å². The fourth-order valence-corrected chi connectivity index (χ4v) is 4.40. The number of hydrogen-bond acceptors (Lipinski definition) is 8. The highest BCUT2D eigenvalue weighted by Gasteiger charge is 2.19. The molecule has 29 heavy (non-hydrogen) atoms. The number of nitrogens with zero attached hydrogens (tertiary/aromatic N) is 3. The average molecular weight is 423 g/mol. The Bertz CT molecular complexity index is 905. The van der Waals surface area contributed by atoms with Crippen molar-refractivity contribution in [2.45, 2.75) is 30.6 Å². The van der Waals surface area contributed by atoms with Crippen LogP contribution in [0.1, 0.15) is 35.8 Å². The molecule has 158 valence electrons. The third-order valence-electron chi connectivity index (χ3n) is 4.81. The summed E-state index contributed by atoms with van der Waals surface area (Å²) in [5.74, 6) is -0.0100. The Balaban J connectivity index is 1.45. The maximum atomic E-state index is 12.4. The first-order valence-electron chi connectivity index (χ1n) is 9.68. The van der Waals surface area contributed by atoms with Gasteiger partial charge < -0.3 is 19.5 Å². The molecule has 0 aliphatic carbocycles. The number of likely N-dealkylation sites (tertiary alicyclic amines) is 1. The van der Waals surface area contributed by atoms with E-state index in [4.69, 9.17) is 9.26 Å². The normalized spacial score (nSPS) is 14.8. The van der Waals surface area contributed by atoms with E-state index in [1.807, 2.05) is 0 Å². The summed E-state index contributed by atoms with van der Waals surface area (Å²) < 4.78 is 34.8. The van der Waals surface area contributed by atoms with Crippen molar-refractivity contribution in [2.24, 2.45) is 0 Å². The SMILES string of the molecule is COc1ccc(S(=O)(=O)CCc2noc(C(=O)NCCCN3CCCC3)n2)cc1. The number of sulfone groups is 1. The Kier molecular flexibility index (Phi) is 7.21. The monoisotopic (exact) mass is 422 g/mol. The van der Waals surface area contributed by atoms with Crippen LogP contribution in [0.2, 0.25) is 0 Å². The number of aryl methyl sites for hydroxylation is 1. The number of carbonyl (C=O) groups excluding carboxylic acids is 1. The van der Waals surface area contributed by atoms with Gasteiger partial charge in [0.25, 0.3) is 0 Å². The molecule has 1 aliphatic rings. The van der Waals surface area contributed by atoms with Crippen LogP contribution in [0.3, 0.4) is 0 Å². The van der Waals surface area contributed by atoms with Crippen molar-refractivity contribution in [3.63, 3.8) is 0 Å². The van der Waals surface area contributed by atoms with E-state index in [9.17, 15) is 13.2 Å². The zero-order chi connectivity index (χ0) is 20.7. The van der Waals surface area contributed by atoms with E-state index in [1.165, 1.54) is 32.1 Å². The molecule has 0 spiro atoms. The fourth-order valence-electron chi connectivity index (χ4n) is 3.16. The largest absolute Gasteiger partial charge is 0.497 e. The van der Waals surface area contributed by atoms with Crippen LogP contribution < -0.4 is 10.1 Å². The highest BCUT2D eigenvalue weighted by Crippen LogP contribution is 2.17. The van der Waals surface area contributed by atoms with Crippen molar-refractivity contribution in [1.29, 1.82) is 0 Å². The molecule has 2 aromatic rings. The molecule has 0 bridgehead atoms. The lowest BCUT2D eigenvalue weighted by molar-refractivity contribution is 0.0908. The molecule has 0 unspecified atom stereocenters. The van der Waals surface area contributed by atoms with Crippen molar-refractivity contribution in [1.82, 2.24) is 20.4 Å². The summed E-state index contributed by atoms with van der Waals surface area (Å²) in [5, 5.41) is 6.47. The third-order valence-corrected chi connectivity index (χ3v) is 6.54. The van der Waals surface area contributed by atoms with Crippen LogP contribution >= 0.6 is 0 Å². The molecule has 1 saturated heterocycles. The van der Waals surface area contributed by atoms with Crippen LogP contribution in [-0.4, -0.2) is 68.4 Å². The number of hydrogen-bond donors (Lipinski definition) is 1. The van der Waals surface area contributed by atoms with Crippen LogP contribution in [0.5, 0.6) is 5.75 Å². The van der Waals surface area contributed by atoms with Gasteiger partial charge in [-0.1, -0.05) is 5.16 Å². The van der Waals surface area contributed by atoms with Gasteiger partial charge in [0.15, 0.2) is 15.7 Å². The lowest BCUT2D eigenvalue weighted by Gasteiger charge is -2.13. The molecule has 1 fully saturated rings. The number of carbonyl (C=O) groups is 1. The van der Waals surface area contributed by atoms with Gasteiger partial charge in [0.05, 0.1) is 17.8 Å². The summed E-state index contributed by atoms with van der Waals surface area (Å²) in [7, 11) is -1.99. The Morgan fingerprint density at radius 2 is 1.97 bits per heavy atom. The Morgan fingerprint density at radius 3 is 2.66 bits per heavy atom. The number of amides is 1. The predicted octanol–water partition coefficient (Wildman–Crippen LogP) is 1.31. The van der Waals surface area contributed by atoms with E-state index in [0.717, 1.165) is 26.1 Å². The quantitative estimate of drug-likeness (QED) is 0.570. The predicted molar refractivity (Wildman–Crippen MR) is 106 cm³/mol. The molecule has 10 heteroatoms. The maximum Gasteiger partial charge on any atom is 0.315 e. The Labute approximate surface area is 170 Å². The maximum absolute atomic E-state index is 12.4. The smallest absolute Gasteiger partial charge is 0.315 e. The summed E-state index contributed by atoms with van der Waals surface area (Å²) in [6, 6.07) is 6.16. The average Bonchev–Trinajstić information content (AvgIpc) is 3.42. The van der Waals surface area contributed by atoms with Crippen molar-refractivity contribution < 1.29 is 22.5 Å². The van der Waals surface area contributed by atoms with E-state index in [0.29, 0.717) is 12.3 Å². The van der Waals surface area contributed by atoms with Gasteiger partial charge >= 0.3 is 11.8 Å². The Morgan fingerprint density at radius 1 is 1.24 bits per heavy atom. The van der Waals surface area contributed by atoms with Crippen molar-refractivity contribution in [3.8, 4) is 5.75 Å². The second-order valence-corrected chi connectivity index (χ2v) is 9.03. The second kappa shape index (κ2) is 9.84. The number of ether oxygens (including phenoxy) is 1. The first-order valence-corrected chi connectivity index (χ1v) is 11.3. The number of rotatable bonds is 10. The lowest BCUT2D eigenvalue weighted by Crippen LogP contribution is -2.28. The molecule has 1 aromatic carbocycles. The van der Waals surface area contributed by atoms with Gasteiger partial charge in [0.2, 0.25) is 0 Å². The Hall–Kier alpha value is -2.46. The van der Waals surface area contributed by atoms with Gasteiger partial charge in [-0.15, -0.1) is 0 Å². The van der Waals surface area contributed by atoms with E-state index in [1.54, 1.807) is 12.1 Å². The lowest BCUT2D eigenvalue weighted by atomic mass is 10.3. The van der Waals surface area contributed by atoms with Gasteiger partial charge in [-0.3, -0.25) is 4.79 Å². The van der Waals surface area contributed by atoms with Crippen LogP contribution in [0.15, 0.2) is 33.7 Å². The topological polar surface area (TPSA) is 115 Å². The summed E-state index contributed by atoms with van der Waals surface area (Å²) >= 11 is 0. The van der Waals surface area contributed by atoms with Crippen LogP contribution in [-0.2, 0) is 16.3 Å². The van der Waals surface area contributed by atoms with Gasteiger partial charge in [-0.2, -0.15) is 4.98 Å². The first kappa shape index (κ1) is 21.3. The molecule has 9 nitrogen and oxygen atoms in total. The van der Waals surface area contributed by atoms with Gasteiger partial charge in [-0.05, 0) is 63.2 Å². The molecule has 0 saturated carbocycles. The van der Waals surface area contributed by atoms with Crippen molar-refractivity contribution >= 4 is 15.7 Å². The molecule has 0 radical (unpaired) electrons. The van der Waals surface area contributed by atoms with Crippen molar-refractivity contribution in [2.75, 3.05) is 39.0 Å². The molecule has 1 N–H and O–H groups in total. The molecule has 1 aromatic heterocycles. The van der Waals surface area contributed by atoms with E-state index >= 15 is 0 Å². The second-order valence-electron chi connectivity index (χ2n) is 6.92. The molecule has 2 heterocycles. The zero-order valence-corrected chi connectivity index (χ0v) is 17.3. The molecule has 1 amide bonds. The van der Waals surface area contributed by atoms with Crippen LogP contribution in [0.25, 0.3) is 0 Å². The highest BCUT2D eigenvalue weighted by atomic mass is 32.2.